The maximum Gasteiger partial charge on any atom is 0.0613 e. The minimum absolute atomic E-state index is 0.426. The lowest BCUT2D eigenvalue weighted by molar-refractivity contribution is 0.168. The van der Waals surface area contributed by atoms with Gasteiger partial charge < -0.3 is 10.1 Å². The standard InChI is InChI=1S/C9H19NO/c1-5-6-8(2)10-9(3)7-11-4/h5,8-10H,1,6-7H2,2-4H3. The second-order valence-corrected chi connectivity index (χ2v) is 2.95. The number of methoxy groups -OCH3 is 1. The highest BCUT2D eigenvalue weighted by Crippen LogP contribution is 1.93. The molecule has 0 spiro atoms. The molecule has 0 aromatic carbocycles. The molecule has 2 heteroatoms. The summed E-state index contributed by atoms with van der Waals surface area (Å²) in [5.41, 5.74) is 0. The quantitative estimate of drug-likeness (QED) is 0.591. The monoisotopic (exact) mass is 157 g/mol. The Morgan fingerprint density at radius 3 is 2.55 bits per heavy atom. The van der Waals surface area contributed by atoms with Crippen molar-refractivity contribution in [3.05, 3.63) is 12.7 Å². The zero-order valence-corrected chi connectivity index (χ0v) is 7.76. The molecule has 2 nitrogen and oxygen atoms in total. The Hall–Kier alpha value is -0.340. The van der Waals surface area contributed by atoms with Crippen LogP contribution >= 0.6 is 0 Å². The molecule has 0 aliphatic heterocycles. The fourth-order valence-electron chi connectivity index (χ4n) is 1.10. The highest BCUT2D eigenvalue weighted by molar-refractivity contribution is 4.76. The van der Waals surface area contributed by atoms with Crippen LogP contribution in [0.5, 0.6) is 0 Å². The third kappa shape index (κ3) is 6.07. The number of hydrogen-bond acceptors (Lipinski definition) is 2. The van der Waals surface area contributed by atoms with Crippen LogP contribution in [0, 0.1) is 0 Å². The van der Waals surface area contributed by atoms with E-state index < -0.39 is 0 Å². The van der Waals surface area contributed by atoms with Gasteiger partial charge in [-0.05, 0) is 20.3 Å². The van der Waals surface area contributed by atoms with Gasteiger partial charge in [0.05, 0.1) is 6.61 Å². The molecular formula is C9H19NO. The molecule has 0 aliphatic rings. The van der Waals surface area contributed by atoms with Crippen LogP contribution in [0.2, 0.25) is 0 Å². The van der Waals surface area contributed by atoms with Gasteiger partial charge in [0.1, 0.15) is 0 Å². The first-order valence-electron chi connectivity index (χ1n) is 4.06. The topological polar surface area (TPSA) is 21.3 Å². The molecule has 2 unspecified atom stereocenters. The van der Waals surface area contributed by atoms with Crippen molar-refractivity contribution in [1.82, 2.24) is 5.32 Å². The molecule has 0 aliphatic carbocycles. The summed E-state index contributed by atoms with van der Waals surface area (Å²) in [4.78, 5) is 0. The molecule has 66 valence electrons. The fourth-order valence-corrected chi connectivity index (χ4v) is 1.10. The number of ether oxygens (including phenoxy) is 1. The fraction of sp³-hybridized carbons (Fsp3) is 0.778. The van der Waals surface area contributed by atoms with E-state index in [9.17, 15) is 0 Å². The smallest absolute Gasteiger partial charge is 0.0613 e. The molecule has 0 aromatic heterocycles. The first-order valence-corrected chi connectivity index (χ1v) is 4.06. The van der Waals surface area contributed by atoms with Crippen molar-refractivity contribution >= 4 is 0 Å². The van der Waals surface area contributed by atoms with Crippen molar-refractivity contribution in [3.63, 3.8) is 0 Å². The zero-order valence-electron chi connectivity index (χ0n) is 7.76. The van der Waals surface area contributed by atoms with Gasteiger partial charge in [-0.3, -0.25) is 0 Å². The Bertz CT molecular complexity index is 104. The molecule has 0 saturated carbocycles. The van der Waals surface area contributed by atoms with E-state index in [0.29, 0.717) is 12.1 Å². The van der Waals surface area contributed by atoms with Crippen LogP contribution in [0.4, 0.5) is 0 Å². The minimum atomic E-state index is 0.426. The first kappa shape index (κ1) is 10.7. The Morgan fingerprint density at radius 2 is 2.09 bits per heavy atom. The summed E-state index contributed by atoms with van der Waals surface area (Å²) in [5.74, 6) is 0. The largest absolute Gasteiger partial charge is 0.383 e. The molecule has 1 N–H and O–H groups in total. The van der Waals surface area contributed by atoms with E-state index in [1.165, 1.54) is 0 Å². The van der Waals surface area contributed by atoms with Crippen molar-refractivity contribution in [3.8, 4) is 0 Å². The number of hydrogen-bond donors (Lipinski definition) is 1. The third-order valence-electron chi connectivity index (χ3n) is 1.51. The van der Waals surface area contributed by atoms with E-state index in [0.717, 1.165) is 13.0 Å². The van der Waals surface area contributed by atoms with E-state index in [2.05, 4.69) is 25.7 Å². The molecule has 0 saturated heterocycles. The van der Waals surface area contributed by atoms with Crippen LogP contribution in [0.3, 0.4) is 0 Å². The lowest BCUT2D eigenvalue weighted by atomic mass is 10.2. The summed E-state index contributed by atoms with van der Waals surface area (Å²) < 4.78 is 4.99. The van der Waals surface area contributed by atoms with Crippen LogP contribution in [0.15, 0.2) is 12.7 Å². The van der Waals surface area contributed by atoms with Crippen molar-refractivity contribution in [2.75, 3.05) is 13.7 Å². The Kier molecular flexibility index (Phi) is 6.18. The summed E-state index contributed by atoms with van der Waals surface area (Å²) in [6.45, 7) is 8.71. The lowest BCUT2D eigenvalue weighted by Gasteiger charge is -2.17. The van der Waals surface area contributed by atoms with Crippen molar-refractivity contribution < 1.29 is 4.74 Å². The third-order valence-corrected chi connectivity index (χ3v) is 1.51. The molecule has 11 heavy (non-hydrogen) atoms. The van der Waals surface area contributed by atoms with Crippen LogP contribution in [-0.4, -0.2) is 25.8 Å². The van der Waals surface area contributed by atoms with Gasteiger partial charge in [-0.2, -0.15) is 0 Å². The summed E-state index contributed by atoms with van der Waals surface area (Å²) in [5, 5.41) is 3.39. The van der Waals surface area contributed by atoms with Crippen LogP contribution in [0.1, 0.15) is 20.3 Å². The van der Waals surface area contributed by atoms with Gasteiger partial charge in [0.25, 0.3) is 0 Å². The average molecular weight is 157 g/mol. The lowest BCUT2D eigenvalue weighted by Crippen LogP contribution is -2.36. The van der Waals surface area contributed by atoms with Crippen molar-refractivity contribution in [2.24, 2.45) is 0 Å². The normalized spacial score (nSPS) is 15.9. The zero-order chi connectivity index (χ0) is 8.69. The summed E-state index contributed by atoms with van der Waals surface area (Å²) >= 11 is 0. The van der Waals surface area contributed by atoms with E-state index in [1.807, 2.05) is 6.08 Å². The molecular weight excluding hydrogens is 138 g/mol. The van der Waals surface area contributed by atoms with Crippen LogP contribution < -0.4 is 5.32 Å². The Morgan fingerprint density at radius 1 is 1.45 bits per heavy atom. The second-order valence-electron chi connectivity index (χ2n) is 2.95. The molecule has 0 aromatic rings. The summed E-state index contributed by atoms with van der Waals surface area (Å²) in [6, 6.07) is 0.924. The predicted octanol–water partition coefficient (Wildman–Crippen LogP) is 1.58. The summed E-state index contributed by atoms with van der Waals surface area (Å²) in [6.07, 6.45) is 2.94. The van der Waals surface area contributed by atoms with Crippen molar-refractivity contribution in [2.45, 2.75) is 32.4 Å². The molecule has 2 atom stereocenters. The van der Waals surface area contributed by atoms with Gasteiger partial charge in [0, 0.05) is 19.2 Å². The molecule has 0 heterocycles. The van der Waals surface area contributed by atoms with E-state index in [-0.39, 0.29) is 0 Å². The van der Waals surface area contributed by atoms with E-state index in [4.69, 9.17) is 4.74 Å². The van der Waals surface area contributed by atoms with Crippen LogP contribution in [0.25, 0.3) is 0 Å². The summed E-state index contributed by atoms with van der Waals surface area (Å²) in [7, 11) is 1.72. The Labute approximate surface area is 69.6 Å². The molecule has 0 fully saturated rings. The maximum absolute atomic E-state index is 4.99. The second kappa shape index (κ2) is 6.38. The van der Waals surface area contributed by atoms with E-state index >= 15 is 0 Å². The van der Waals surface area contributed by atoms with E-state index in [1.54, 1.807) is 7.11 Å². The number of nitrogens with one attached hydrogen (secondary N) is 1. The number of rotatable bonds is 6. The maximum atomic E-state index is 4.99. The average Bonchev–Trinajstić information content (AvgIpc) is 1.87. The van der Waals surface area contributed by atoms with Gasteiger partial charge in [0.2, 0.25) is 0 Å². The molecule has 0 radical (unpaired) electrons. The molecule has 0 bridgehead atoms. The Balaban J connectivity index is 3.39. The van der Waals surface area contributed by atoms with Gasteiger partial charge in [-0.25, -0.2) is 0 Å². The van der Waals surface area contributed by atoms with Crippen molar-refractivity contribution in [1.29, 1.82) is 0 Å². The highest BCUT2D eigenvalue weighted by Gasteiger charge is 2.04. The predicted molar refractivity (Wildman–Crippen MR) is 48.7 cm³/mol. The SMILES string of the molecule is C=CCC(C)NC(C)COC. The van der Waals surface area contributed by atoms with Gasteiger partial charge in [0.15, 0.2) is 0 Å². The van der Waals surface area contributed by atoms with Gasteiger partial charge in [-0.15, -0.1) is 6.58 Å². The van der Waals surface area contributed by atoms with Crippen LogP contribution in [-0.2, 0) is 4.74 Å². The highest BCUT2D eigenvalue weighted by atomic mass is 16.5. The van der Waals surface area contributed by atoms with Gasteiger partial charge in [-0.1, -0.05) is 6.08 Å². The molecule has 0 amide bonds. The molecule has 0 rings (SSSR count). The first-order chi connectivity index (χ1) is 5.20. The minimum Gasteiger partial charge on any atom is -0.383 e. The van der Waals surface area contributed by atoms with Gasteiger partial charge >= 0.3 is 0 Å².